The Morgan fingerprint density at radius 1 is 1.13 bits per heavy atom. The van der Waals surface area contributed by atoms with E-state index in [1.807, 2.05) is 18.2 Å². The Balaban J connectivity index is 1.96. The lowest BCUT2D eigenvalue weighted by Gasteiger charge is -2.25. The fourth-order valence-electron chi connectivity index (χ4n) is 3.63. The van der Waals surface area contributed by atoms with Crippen molar-refractivity contribution >= 4 is 44.2 Å². The van der Waals surface area contributed by atoms with Gasteiger partial charge in [-0.05, 0) is 50.2 Å². The summed E-state index contributed by atoms with van der Waals surface area (Å²) >= 11 is 7.86. The number of halogens is 1. The minimum absolute atomic E-state index is 0.0354. The van der Waals surface area contributed by atoms with Gasteiger partial charge in [0.05, 0.1) is 23.3 Å². The van der Waals surface area contributed by atoms with Gasteiger partial charge in [-0.1, -0.05) is 60.5 Å². The number of likely N-dealkylation sites (N-methyl/N-ethyl adjacent to an activating group) is 1. The van der Waals surface area contributed by atoms with Crippen LogP contribution in [0.4, 0.5) is 5.13 Å². The molecule has 0 N–H and O–H groups in total. The molecule has 166 valence electrons. The molecule has 0 aliphatic heterocycles. The predicted molar refractivity (Wildman–Crippen MR) is 131 cm³/mol. The van der Waals surface area contributed by atoms with Crippen LogP contribution in [0.5, 0.6) is 5.75 Å². The second-order valence-corrected chi connectivity index (χ2v) is 8.99. The third-order valence-corrected chi connectivity index (χ3v) is 7.11. The number of benzene rings is 2. The molecule has 5 nitrogen and oxygen atoms in total. The molecule has 0 radical (unpaired) electrons. The van der Waals surface area contributed by atoms with E-state index in [-0.39, 0.29) is 5.91 Å². The standard InChI is InChI=1S/C24H30ClN3O2S/c1-6-27(7-2)12-13-28(21(29)15-18-9-8-16(3)14-17(18)4)24-26-22-20(30-5)11-10-19(25)23(22)31-24/h8-11,14H,6-7,12-13,15H2,1-5H3. The van der Waals surface area contributed by atoms with Crippen molar-refractivity contribution in [3.8, 4) is 5.75 Å². The van der Waals surface area contributed by atoms with Gasteiger partial charge in [0.1, 0.15) is 11.3 Å². The van der Waals surface area contributed by atoms with E-state index in [0.29, 0.717) is 34.4 Å². The molecule has 7 heteroatoms. The second-order valence-electron chi connectivity index (χ2n) is 7.60. The number of nitrogens with zero attached hydrogens (tertiary/aromatic N) is 3. The highest BCUT2D eigenvalue weighted by molar-refractivity contribution is 7.23. The number of aromatic nitrogens is 1. The first-order valence-corrected chi connectivity index (χ1v) is 11.8. The Labute approximate surface area is 193 Å². The van der Waals surface area contributed by atoms with Gasteiger partial charge in [0.25, 0.3) is 0 Å². The molecule has 31 heavy (non-hydrogen) atoms. The van der Waals surface area contributed by atoms with E-state index in [2.05, 4.69) is 44.7 Å². The number of hydrogen-bond acceptors (Lipinski definition) is 5. The number of ether oxygens (including phenoxy) is 1. The number of amides is 1. The van der Waals surface area contributed by atoms with Gasteiger partial charge in [-0.3, -0.25) is 9.69 Å². The zero-order valence-electron chi connectivity index (χ0n) is 18.9. The zero-order chi connectivity index (χ0) is 22.5. The maximum Gasteiger partial charge on any atom is 0.233 e. The van der Waals surface area contributed by atoms with Gasteiger partial charge < -0.3 is 9.64 Å². The SMILES string of the molecule is CCN(CC)CCN(C(=O)Cc1ccc(C)cc1C)c1nc2c(OC)ccc(Cl)c2s1. The molecule has 0 bridgehead atoms. The predicted octanol–water partition coefficient (Wildman–Crippen LogP) is 5.49. The van der Waals surface area contributed by atoms with Gasteiger partial charge >= 0.3 is 0 Å². The van der Waals surface area contributed by atoms with Crippen molar-refractivity contribution in [3.63, 3.8) is 0 Å². The van der Waals surface area contributed by atoms with Gasteiger partial charge in [0.15, 0.2) is 5.13 Å². The number of methoxy groups -OCH3 is 1. The molecule has 3 aromatic rings. The first-order valence-electron chi connectivity index (χ1n) is 10.6. The lowest BCUT2D eigenvalue weighted by atomic mass is 10.0. The van der Waals surface area contributed by atoms with Crippen molar-refractivity contribution in [1.29, 1.82) is 0 Å². The average Bonchev–Trinajstić information content (AvgIpc) is 3.19. The Morgan fingerprint density at radius 3 is 2.52 bits per heavy atom. The normalized spacial score (nSPS) is 11.3. The first-order chi connectivity index (χ1) is 14.9. The van der Waals surface area contributed by atoms with E-state index < -0.39 is 0 Å². The molecule has 0 aliphatic carbocycles. The van der Waals surface area contributed by atoms with Crippen LogP contribution < -0.4 is 9.64 Å². The summed E-state index contributed by atoms with van der Waals surface area (Å²) in [5.41, 5.74) is 4.06. The largest absolute Gasteiger partial charge is 0.494 e. The summed E-state index contributed by atoms with van der Waals surface area (Å²) in [5.74, 6) is 0.695. The van der Waals surface area contributed by atoms with Crippen LogP contribution in [-0.4, -0.2) is 49.1 Å². The van der Waals surface area contributed by atoms with E-state index >= 15 is 0 Å². The van der Waals surface area contributed by atoms with Crippen LogP contribution in [0.3, 0.4) is 0 Å². The smallest absolute Gasteiger partial charge is 0.233 e. The maximum atomic E-state index is 13.5. The topological polar surface area (TPSA) is 45.7 Å². The van der Waals surface area contributed by atoms with E-state index in [1.165, 1.54) is 16.9 Å². The van der Waals surface area contributed by atoms with Gasteiger partial charge in [0.2, 0.25) is 5.91 Å². The molecule has 0 atom stereocenters. The highest BCUT2D eigenvalue weighted by Crippen LogP contribution is 2.38. The number of rotatable bonds is 9. The summed E-state index contributed by atoms with van der Waals surface area (Å²) < 4.78 is 6.30. The Hall–Kier alpha value is -2.15. The van der Waals surface area contributed by atoms with Gasteiger partial charge in [-0.15, -0.1) is 0 Å². The molecular formula is C24H30ClN3O2S. The molecule has 0 unspecified atom stereocenters. The molecule has 3 rings (SSSR count). The summed E-state index contributed by atoms with van der Waals surface area (Å²) in [7, 11) is 1.62. The summed E-state index contributed by atoms with van der Waals surface area (Å²) in [5, 5.41) is 1.27. The molecule has 1 amide bonds. The molecule has 0 saturated carbocycles. The molecule has 0 saturated heterocycles. The monoisotopic (exact) mass is 459 g/mol. The first kappa shape index (κ1) is 23.5. The maximum absolute atomic E-state index is 13.5. The molecular weight excluding hydrogens is 430 g/mol. The van der Waals surface area contributed by atoms with Crippen LogP contribution >= 0.6 is 22.9 Å². The van der Waals surface area contributed by atoms with E-state index in [9.17, 15) is 4.79 Å². The fraction of sp³-hybridized carbons (Fsp3) is 0.417. The number of carbonyl (C=O) groups excluding carboxylic acids is 1. The van der Waals surface area contributed by atoms with Crippen molar-refractivity contribution in [3.05, 3.63) is 52.0 Å². The molecule has 1 aromatic heterocycles. The summed E-state index contributed by atoms with van der Waals surface area (Å²) in [6, 6.07) is 9.83. The fourth-order valence-corrected chi connectivity index (χ4v) is 4.93. The molecule has 0 fully saturated rings. The van der Waals surface area contributed by atoms with Crippen LogP contribution in [0, 0.1) is 13.8 Å². The van der Waals surface area contributed by atoms with Gasteiger partial charge in [0, 0.05) is 13.1 Å². The van der Waals surface area contributed by atoms with Gasteiger partial charge in [-0.25, -0.2) is 4.98 Å². The van der Waals surface area contributed by atoms with E-state index in [0.717, 1.165) is 35.5 Å². The van der Waals surface area contributed by atoms with Crippen LogP contribution in [0.25, 0.3) is 10.2 Å². The van der Waals surface area contributed by atoms with Crippen molar-refractivity contribution in [2.45, 2.75) is 34.1 Å². The second kappa shape index (κ2) is 10.4. The molecule has 0 aliphatic rings. The van der Waals surface area contributed by atoms with Crippen molar-refractivity contribution in [2.75, 3.05) is 38.2 Å². The highest BCUT2D eigenvalue weighted by Gasteiger charge is 2.23. The Morgan fingerprint density at radius 2 is 1.87 bits per heavy atom. The summed E-state index contributed by atoms with van der Waals surface area (Å²) in [6.45, 7) is 11.6. The number of aryl methyl sites for hydroxylation is 2. The third-order valence-electron chi connectivity index (χ3n) is 5.57. The summed E-state index contributed by atoms with van der Waals surface area (Å²) in [6.07, 6.45) is 0.338. The van der Waals surface area contributed by atoms with Crippen LogP contribution in [-0.2, 0) is 11.2 Å². The number of thiazole rings is 1. The van der Waals surface area contributed by atoms with Crippen LogP contribution in [0.15, 0.2) is 30.3 Å². The molecule has 2 aromatic carbocycles. The Bertz CT molecular complexity index is 1060. The van der Waals surface area contributed by atoms with Crippen LogP contribution in [0.2, 0.25) is 5.02 Å². The van der Waals surface area contributed by atoms with Gasteiger partial charge in [-0.2, -0.15) is 0 Å². The summed E-state index contributed by atoms with van der Waals surface area (Å²) in [4.78, 5) is 22.3. The number of fused-ring (bicyclic) bond motifs is 1. The number of anilines is 1. The number of carbonyl (C=O) groups is 1. The van der Waals surface area contributed by atoms with E-state index in [1.54, 1.807) is 12.0 Å². The molecule has 1 heterocycles. The quantitative estimate of drug-likeness (QED) is 0.424. The number of hydrogen-bond donors (Lipinski definition) is 0. The zero-order valence-corrected chi connectivity index (χ0v) is 20.4. The van der Waals surface area contributed by atoms with Crippen LogP contribution in [0.1, 0.15) is 30.5 Å². The highest BCUT2D eigenvalue weighted by atomic mass is 35.5. The van der Waals surface area contributed by atoms with Crippen molar-refractivity contribution in [2.24, 2.45) is 0 Å². The minimum atomic E-state index is 0.0354. The molecule has 0 spiro atoms. The van der Waals surface area contributed by atoms with E-state index in [4.69, 9.17) is 21.3 Å². The van der Waals surface area contributed by atoms with Crippen molar-refractivity contribution in [1.82, 2.24) is 9.88 Å². The lowest BCUT2D eigenvalue weighted by molar-refractivity contribution is -0.118. The minimum Gasteiger partial charge on any atom is -0.494 e. The lowest BCUT2D eigenvalue weighted by Crippen LogP contribution is -2.39. The third kappa shape index (κ3) is 5.37. The average molecular weight is 460 g/mol. The van der Waals surface area contributed by atoms with Crippen molar-refractivity contribution < 1.29 is 9.53 Å². The Kier molecular flexibility index (Phi) is 7.92.